The Morgan fingerprint density at radius 2 is 1.97 bits per heavy atom. The molecule has 9 nitrogen and oxygen atoms in total. The van der Waals surface area contributed by atoms with E-state index in [1.54, 1.807) is 11.6 Å². The molecule has 0 atom stereocenters. The molecule has 2 aliphatic rings. The number of hydrogen-bond donors (Lipinski definition) is 2. The molecule has 1 aromatic carbocycles. The number of aromatic nitrogens is 4. The van der Waals surface area contributed by atoms with Crippen LogP contribution >= 0.6 is 0 Å². The number of carbonyl (C=O) groups excluding carboxylic acids is 2. The van der Waals surface area contributed by atoms with Crippen LogP contribution in [0.1, 0.15) is 42.9 Å². The molecule has 166 valence electrons. The van der Waals surface area contributed by atoms with Crippen molar-refractivity contribution in [1.29, 1.82) is 0 Å². The van der Waals surface area contributed by atoms with Crippen LogP contribution in [0.4, 0.5) is 11.5 Å². The summed E-state index contributed by atoms with van der Waals surface area (Å²) in [5.74, 6) is 1.23. The number of anilines is 2. The molecular weight excluding hydrogens is 406 g/mol. The molecule has 5 rings (SSSR count). The van der Waals surface area contributed by atoms with E-state index in [9.17, 15) is 9.59 Å². The Kier molecular flexibility index (Phi) is 4.83. The standard InChI is InChI=1S/C23H27N7O2/c1-14(2)12-24-21(31)20-28-17-18(29(20)3)25-13-26-19(17)30-10-8-23(9-11-30)15-6-4-5-7-16(15)27-22(23)32/h4-7,13-14H,8-12H2,1-3H3,(H,24,31)(H,27,32). The summed E-state index contributed by atoms with van der Waals surface area (Å²) in [6.07, 6.45) is 2.89. The molecular formula is C23H27N7O2. The lowest BCUT2D eigenvalue weighted by Gasteiger charge is -2.38. The van der Waals surface area contributed by atoms with Gasteiger partial charge in [-0.25, -0.2) is 15.0 Å². The molecule has 0 saturated carbocycles. The second-order valence-corrected chi connectivity index (χ2v) is 9.04. The van der Waals surface area contributed by atoms with Crippen molar-refractivity contribution in [3.8, 4) is 0 Å². The Hall–Kier alpha value is -3.49. The average Bonchev–Trinajstić information content (AvgIpc) is 3.27. The highest BCUT2D eigenvalue weighted by Gasteiger charge is 2.48. The van der Waals surface area contributed by atoms with Crippen LogP contribution < -0.4 is 15.5 Å². The third-order valence-electron chi connectivity index (χ3n) is 6.55. The molecule has 4 heterocycles. The van der Waals surface area contributed by atoms with E-state index >= 15 is 0 Å². The number of rotatable bonds is 4. The second-order valence-electron chi connectivity index (χ2n) is 9.04. The lowest BCUT2D eigenvalue weighted by atomic mass is 9.73. The molecule has 0 unspecified atom stereocenters. The topological polar surface area (TPSA) is 105 Å². The minimum absolute atomic E-state index is 0.0770. The van der Waals surface area contributed by atoms with Gasteiger partial charge in [0.1, 0.15) is 6.33 Å². The van der Waals surface area contributed by atoms with Gasteiger partial charge in [-0.05, 0) is 30.4 Å². The van der Waals surface area contributed by atoms with Gasteiger partial charge in [-0.3, -0.25) is 9.59 Å². The molecule has 1 fully saturated rings. The first-order valence-electron chi connectivity index (χ1n) is 11.0. The monoisotopic (exact) mass is 433 g/mol. The molecule has 1 saturated heterocycles. The molecule has 2 aliphatic heterocycles. The van der Waals surface area contributed by atoms with E-state index in [0.29, 0.717) is 61.2 Å². The van der Waals surface area contributed by atoms with Crippen LogP contribution in [0.5, 0.6) is 0 Å². The molecule has 32 heavy (non-hydrogen) atoms. The highest BCUT2D eigenvalue weighted by atomic mass is 16.2. The van der Waals surface area contributed by atoms with Crippen LogP contribution in [0.2, 0.25) is 0 Å². The van der Waals surface area contributed by atoms with Crippen LogP contribution in [0.25, 0.3) is 11.2 Å². The Morgan fingerprint density at radius 3 is 2.72 bits per heavy atom. The smallest absolute Gasteiger partial charge is 0.287 e. The van der Waals surface area contributed by atoms with E-state index < -0.39 is 5.41 Å². The van der Waals surface area contributed by atoms with Crippen molar-refractivity contribution in [2.45, 2.75) is 32.1 Å². The first-order valence-corrected chi connectivity index (χ1v) is 11.0. The molecule has 0 bridgehead atoms. The second kappa shape index (κ2) is 7.58. The molecule has 2 aromatic heterocycles. The summed E-state index contributed by atoms with van der Waals surface area (Å²) >= 11 is 0. The molecule has 1 spiro atoms. The lowest BCUT2D eigenvalue weighted by molar-refractivity contribution is -0.121. The normalized spacial score (nSPS) is 17.1. The Bertz CT molecular complexity index is 1210. The number of nitrogens with zero attached hydrogens (tertiary/aromatic N) is 5. The van der Waals surface area contributed by atoms with Crippen molar-refractivity contribution in [3.05, 3.63) is 42.0 Å². The fraction of sp³-hybridized carbons (Fsp3) is 0.435. The van der Waals surface area contributed by atoms with Gasteiger partial charge < -0.3 is 20.1 Å². The van der Waals surface area contributed by atoms with Crippen LogP contribution in [0, 0.1) is 5.92 Å². The summed E-state index contributed by atoms with van der Waals surface area (Å²) in [4.78, 5) is 41.2. The maximum absolute atomic E-state index is 12.9. The predicted octanol–water partition coefficient (Wildman–Crippen LogP) is 2.24. The number of hydrogen-bond acceptors (Lipinski definition) is 6. The van der Waals surface area contributed by atoms with E-state index in [4.69, 9.17) is 0 Å². The number of para-hydroxylation sites is 1. The quantitative estimate of drug-likeness (QED) is 0.654. The average molecular weight is 434 g/mol. The van der Waals surface area contributed by atoms with E-state index in [-0.39, 0.29) is 11.8 Å². The van der Waals surface area contributed by atoms with Crippen molar-refractivity contribution < 1.29 is 9.59 Å². The molecule has 0 aliphatic carbocycles. The van der Waals surface area contributed by atoms with Gasteiger partial charge in [0, 0.05) is 32.4 Å². The maximum Gasteiger partial charge on any atom is 0.287 e. The van der Waals surface area contributed by atoms with Gasteiger partial charge in [-0.1, -0.05) is 32.0 Å². The van der Waals surface area contributed by atoms with Gasteiger partial charge in [-0.2, -0.15) is 0 Å². The van der Waals surface area contributed by atoms with Gasteiger partial charge in [-0.15, -0.1) is 0 Å². The summed E-state index contributed by atoms with van der Waals surface area (Å²) in [5, 5.41) is 5.96. The molecule has 2 N–H and O–H groups in total. The minimum atomic E-state index is -0.495. The number of piperidine rings is 1. The lowest BCUT2D eigenvalue weighted by Crippen LogP contribution is -2.46. The summed E-state index contributed by atoms with van der Waals surface area (Å²) in [6.45, 7) is 6.01. The van der Waals surface area contributed by atoms with Gasteiger partial charge in [0.15, 0.2) is 17.0 Å². The first-order chi connectivity index (χ1) is 15.4. The molecule has 2 amide bonds. The fourth-order valence-electron chi connectivity index (χ4n) is 4.77. The predicted molar refractivity (Wildman–Crippen MR) is 122 cm³/mol. The van der Waals surface area contributed by atoms with E-state index in [0.717, 1.165) is 11.3 Å². The number of imidazole rings is 1. The SMILES string of the molecule is CC(C)CNC(=O)c1nc2c(N3CCC4(CC3)C(=O)Nc3ccccc34)ncnc2n1C. The van der Waals surface area contributed by atoms with Crippen LogP contribution in [-0.2, 0) is 17.3 Å². The summed E-state index contributed by atoms with van der Waals surface area (Å²) in [6, 6.07) is 7.94. The van der Waals surface area contributed by atoms with Crippen molar-refractivity contribution in [2.24, 2.45) is 13.0 Å². The Balaban J connectivity index is 1.42. The zero-order chi connectivity index (χ0) is 22.5. The maximum atomic E-state index is 12.9. The Labute approximate surface area is 186 Å². The van der Waals surface area contributed by atoms with Crippen LogP contribution in [0.3, 0.4) is 0 Å². The zero-order valence-corrected chi connectivity index (χ0v) is 18.6. The zero-order valence-electron chi connectivity index (χ0n) is 18.6. The van der Waals surface area contributed by atoms with E-state index in [1.165, 1.54) is 6.33 Å². The molecule has 9 heteroatoms. The van der Waals surface area contributed by atoms with Crippen molar-refractivity contribution in [2.75, 3.05) is 29.9 Å². The Morgan fingerprint density at radius 1 is 1.22 bits per heavy atom. The third kappa shape index (κ3) is 3.11. The minimum Gasteiger partial charge on any atom is -0.355 e. The number of nitrogens with one attached hydrogen (secondary N) is 2. The number of fused-ring (bicyclic) bond motifs is 3. The van der Waals surface area contributed by atoms with E-state index in [1.807, 2.05) is 38.1 Å². The van der Waals surface area contributed by atoms with Crippen molar-refractivity contribution in [3.63, 3.8) is 0 Å². The van der Waals surface area contributed by atoms with Crippen molar-refractivity contribution in [1.82, 2.24) is 24.8 Å². The number of amides is 2. The van der Waals surface area contributed by atoms with E-state index in [2.05, 4.69) is 30.5 Å². The van der Waals surface area contributed by atoms with Crippen LogP contribution in [-0.4, -0.2) is 51.0 Å². The number of benzene rings is 1. The number of aryl methyl sites for hydroxylation is 1. The molecule has 0 radical (unpaired) electrons. The van der Waals surface area contributed by atoms with Crippen LogP contribution in [0.15, 0.2) is 30.6 Å². The van der Waals surface area contributed by atoms with Crippen molar-refractivity contribution >= 4 is 34.5 Å². The summed E-state index contributed by atoms with van der Waals surface area (Å²) < 4.78 is 1.71. The highest BCUT2D eigenvalue weighted by molar-refractivity contribution is 6.06. The summed E-state index contributed by atoms with van der Waals surface area (Å²) in [5.41, 5.74) is 2.73. The highest BCUT2D eigenvalue weighted by Crippen LogP contribution is 2.45. The largest absolute Gasteiger partial charge is 0.355 e. The van der Waals surface area contributed by atoms with Gasteiger partial charge in [0.25, 0.3) is 5.91 Å². The third-order valence-corrected chi connectivity index (χ3v) is 6.55. The molecule has 3 aromatic rings. The summed E-state index contributed by atoms with van der Waals surface area (Å²) in [7, 11) is 1.79. The first kappa shape index (κ1) is 20.4. The van der Waals surface area contributed by atoms with Gasteiger partial charge >= 0.3 is 0 Å². The number of carbonyl (C=O) groups is 2. The fourth-order valence-corrected chi connectivity index (χ4v) is 4.77. The van der Waals surface area contributed by atoms with Gasteiger partial charge in [0.2, 0.25) is 11.7 Å². The van der Waals surface area contributed by atoms with Gasteiger partial charge in [0.05, 0.1) is 5.41 Å².